The van der Waals surface area contributed by atoms with Gasteiger partial charge in [0.1, 0.15) is 4.53 Å². The van der Waals surface area contributed by atoms with Crippen LogP contribution in [0.1, 0.15) is 38.8 Å². The van der Waals surface area contributed by atoms with Gasteiger partial charge in [-0.25, -0.2) is 0 Å². The zero-order valence-corrected chi connectivity index (χ0v) is 17.6. The number of amides is 1. The molecule has 28 heavy (non-hydrogen) atoms. The molecular weight excluding hydrogens is 368 g/mol. The minimum Gasteiger partial charge on any atom is -0.313 e. The molecule has 0 atom stereocenters. The molecule has 5 heteroatoms. The van der Waals surface area contributed by atoms with E-state index in [-0.39, 0.29) is 11.5 Å². The molecule has 0 saturated heterocycles. The second-order valence-corrected chi connectivity index (χ2v) is 6.68. The Bertz CT molecular complexity index is 1100. The van der Waals surface area contributed by atoms with Gasteiger partial charge in [-0.3, -0.25) is 9.59 Å². The molecule has 1 aliphatic rings. The molecule has 2 heterocycles. The van der Waals surface area contributed by atoms with E-state index in [0.29, 0.717) is 21.3 Å². The maximum Gasteiger partial charge on any atom is 0.267 e. The fourth-order valence-corrected chi connectivity index (χ4v) is 3.80. The smallest absolute Gasteiger partial charge is 0.267 e. The number of carbonyl (C=O) groups excluding carboxylic acids is 1. The van der Waals surface area contributed by atoms with E-state index >= 15 is 0 Å². The molecule has 1 aliphatic heterocycles. The molecule has 0 radical (unpaired) electrons. The van der Waals surface area contributed by atoms with Gasteiger partial charge >= 0.3 is 0 Å². The van der Waals surface area contributed by atoms with Crippen molar-refractivity contribution in [2.45, 2.75) is 34.2 Å². The number of aromatic nitrogens is 1. The van der Waals surface area contributed by atoms with Crippen LogP contribution in [0.4, 0.5) is 5.69 Å². The Balaban J connectivity index is 0.000000660. The Morgan fingerprint density at radius 2 is 1.54 bits per heavy atom. The van der Waals surface area contributed by atoms with Gasteiger partial charge in [0.15, 0.2) is 0 Å². The number of fused-ring (bicyclic) bond motifs is 1. The van der Waals surface area contributed by atoms with E-state index < -0.39 is 0 Å². The van der Waals surface area contributed by atoms with Gasteiger partial charge in [0.25, 0.3) is 11.5 Å². The van der Waals surface area contributed by atoms with Crippen LogP contribution in [0.15, 0.2) is 59.4 Å². The zero-order valence-electron chi connectivity index (χ0n) is 16.8. The topological polar surface area (TPSA) is 53.2 Å². The van der Waals surface area contributed by atoms with Gasteiger partial charge in [-0.1, -0.05) is 82.8 Å². The van der Waals surface area contributed by atoms with E-state index in [4.69, 9.17) is 0 Å². The summed E-state index contributed by atoms with van der Waals surface area (Å²) in [6.07, 6.45) is 0. The van der Waals surface area contributed by atoms with Crippen LogP contribution in [-0.2, 0) is 11.3 Å². The van der Waals surface area contributed by atoms with Gasteiger partial charge in [-0.15, -0.1) is 11.3 Å². The third-order valence-corrected chi connectivity index (χ3v) is 4.96. The lowest BCUT2D eigenvalue weighted by atomic mass is 10.1. The average molecular weight is 395 g/mol. The molecule has 1 N–H and O–H groups in total. The highest BCUT2D eigenvalue weighted by atomic mass is 32.1. The number of benzene rings is 2. The zero-order chi connectivity index (χ0) is 20.7. The summed E-state index contributed by atoms with van der Waals surface area (Å²) >= 11 is 1.22. The largest absolute Gasteiger partial charge is 0.313 e. The van der Waals surface area contributed by atoms with Crippen LogP contribution in [0.5, 0.6) is 0 Å². The van der Waals surface area contributed by atoms with E-state index in [1.807, 2.05) is 82.3 Å². The van der Waals surface area contributed by atoms with Gasteiger partial charge in [-0.05, 0) is 11.6 Å². The van der Waals surface area contributed by atoms with Crippen molar-refractivity contribution in [3.8, 4) is 0 Å². The molecule has 146 valence electrons. The number of nitrogens with zero attached hydrogens (tertiary/aromatic N) is 1. The van der Waals surface area contributed by atoms with E-state index in [2.05, 4.69) is 11.6 Å². The Morgan fingerprint density at radius 3 is 2.14 bits per heavy atom. The number of rotatable bonds is 2. The lowest BCUT2D eigenvalue weighted by Gasteiger charge is -2.17. The van der Waals surface area contributed by atoms with E-state index in [1.54, 1.807) is 4.90 Å². The maximum absolute atomic E-state index is 13.1. The van der Waals surface area contributed by atoms with E-state index in [1.165, 1.54) is 11.3 Å². The molecule has 0 aliphatic carbocycles. The third-order valence-electron chi connectivity index (χ3n) is 4.02. The first-order chi connectivity index (χ1) is 13.6. The highest BCUT2D eigenvalue weighted by molar-refractivity contribution is 7.07. The van der Waals surface area contributed by atoms with Crippen molar-refractivity contribution in [3.05, 3.63) is 85.3 Å². The van der Waals surface area contributed by atoms with Crippen LogP contribution in [0.25, 0.3) is 12.2 Å². The molecule has 4 rings (SSSR count). The van der Waals surface area contributed by atoms with Crippen molar-refractivity contribution in [2.75, 3.05) is 4.90 Å². The molecule has 1 aromatic heterocycles. The highest BCUT2D eigenvalue weighted by Gasteiger charge is 2.33. The summed E-state index contributed by atoms with van der Waals surface area (Å²) < 4.78 is 0.974. The Hall–Kier alpha value is -2.92. The van der Waals surface area contributed by atoms with Crippen LogP contribution in [0.2, 0.25) is 0 Å². The predicted octanol–water partition coefficient (Wildman–Crippen LogP) is 3.64. The monoisotopic (exact) mass is 394 g/mol. The quantitative estimate of drug-likeness (QED) is 0.721. The number of para-hydroxylation sites is 1. The van der Waals surface area contributed by atoms with Crippen molar-refractivity contribution in [3.63, 3.8) is 0 Å². The Morgan fingerprint density at radius 1 is 0.929 bits per heavy atom. The number of hydrogen-bond donors (Lipinski definition) is 1. The summed E-state index contributed by atoms with van der Waals surface area (Å²) in [5.41, 5.74) is 2.87. The van der Waals surface area contributed by atoms with Crippen LogP contribution in [0.3, 0.4) is 0 Å². The lowest BCUT2D eigenvalue weighted by Crippen LogP contribution is -2.30. The molecule has 0 saturated carbocycles. The summed E-state index contributed by atoms with van der Waals surface area (Å²) in [4.78, 5) is 29.6. The summed E-state index contributed by atoms with van der Waals surface area (Å²) in [5, 5.41) is 0. The summed E-state index contributed by atoms with van der Waals surface area (Å²) in [7, 11) is 0. The van der Waals surface area contributed by atoms with Crippen molar-refractivity contribution < 1.29 is 4.79 Å². The second kappa shape index (κ2) is 9.85. The van der Waals surface area contributed by atoms with Crippen LogP contribution in [0, 0.1) is 0 Å². The number of hydrogen-bond acceptors (Lipinski definition) is 3. The number of anilines is 1. The first-order valence-electron chi connectivity index (χ1n) is 9.53. The third kappa shape index (κ3) is 4.15. The number of H-pyrrole nitrogens is 1. The van der Waals surface area contributed by atoms with Crippen LogP contribution < -0.4 is 19.7 Å². The Kier molecular flexibility index (Phi) is 7.52. The van der Waals surface area contributed by atoms with E-state index in [9.17, 15) is 9.59 Å². The number of thiazole rings is 1. The SMILES string of the molecule is C=c1[nH]c(=O)/c(=C2/C(=O)N(Cc3ccccc3)c3ccccc32)s1.CC.CC. The van der Waals surface area contributed by atoms with Gasteiger partial charge in [-0.2, -0.15) is 0 Å². The van der Waals surface area contributed by atoms with Crippen molar-refractivity contribution in [1.29, 1.82) is 0 Å². The number of aromatic amines is 1. The molecule has 0 fully saturated rings. The normalized spacial score (nSPS) is 13.9. The Labute approximate surface area is 169 Å². The van der Waals surface area contributed by atoms with E-state index in [0.717, 1.165) is 16.8 Å². The van der Waals surface area contributed by atoms with Crippen molar-refractivity contribution in [1.82, 2.24) is 4.98 Å². The van der Waals surface area contributed by atoms with Crippen LogP contribution in [-0.4, -0.2) is 10.9 Å². The minimum absolute atomic E-state index is 0.146. The second-order valence-electron chi connectivity index (χ2n) is 5.58. The standard InChI is InChI=1S/C19H14N2O2S.2C2H6/c1-12-20-18(22)17(24-12)16-14-9-5-6-10-15(14)21(19(16)23)11-13-7-3-2-4-8-13;2*1-2/h2-10H,1,11H2,(H,20,22);2*1-2H3/b17-16-;;. The highest BCUT2D eigenvalue weighted by Crippen LogP contribution is 2.35. The van der Waals surface area contributed by atoms with Crippen molar-refractivity contribution in [2.24, 2.45) is 0 Å². The van der Waals surface area contributed by atoms with Gasteiger partial charge in [0.2, 0.25) is 0 Å². The van der Waals surface area contributed by atoms with Gasteiger partial charge in [0, 0.05) is 5.56 Å². The van der Waals surface area contributed by atoms with Crippen LogP contribution >= 0.6 is 11.3 Å². The molecule has 1 amide bonds. The molecule has 3 aromatic rings. The maximum atomic E-state index is 13.1. The summed E-state index contributed by atoms with van der Waals surface area (Å²) in [5.74, 6) is -0.146. The summed E-state index contributed by atoms with van der Waals surface area (Å²) in [6.45, 7) is 12.2. The van der Waals surface area contributed by atoms with Gasteiger partial charge < -0.3 is 9.88 Å². The minimum atomic E-state index is -0.260. The molecular formula is C23H26N2O2S. The summed E-state index contributed by atoms with van der Waals surface area (Å²) in [6, 6.07) is 17.4. The first kappa shape index (κ1) is 21.4. The fraction of sp³-hybridized carbons (Fsp3) is 0.217. The number of carbonyl (C=O) groups is 1. The molecule has 0 bridgehead atoms. The number of nitrogens with one attached hydrogen (secondary N) is 1. The molecule has 0 unspecified atom stereocenters. The lowest BCUT2D eigenvalue weighted by molar-refractivity contribution is -0.113. The van der Waals surface area contributed by atoms with Crippen molar-refractivity contribution >= 4 is 35.1 Å². The molecule has 4 nitrogen and oxygen atoms in total. The molecule has 2 aromatic carbocycles. The average Bonchev–Trinajstić information content (AvgIpc) is 3.21. The first-order valence-corrected chi connectivity index (χ1v) is 10.3. The predicted molar refractivity (Wildman–Crippen MR) is 119 cm³/mol. The van der Waals surface area contributed by atoms with Gasteiger partial charge in [0.05, 0.1) is 22.5 Å². The molecule has 0 spiro atoms. The fourth-order valence-electron chi connectivity index (χ4n) is 2.97.